The minimum Gasteiger partial charge on any atom is -0.309 e. The number of para-hydroxylation sites is 5. The van der Waals surface area contributed by atoms with Crippen molar-refractivity contribution in [1.29, 1.82) is 0 Å². The minimum atomic E-state index is -0.800. The molecular weight excluding hydrogens is 729 g/mol. The first kappa shape index (κ1) is 18.1. The Morgan fingerprint density at radius 3 is 1.59 bits per heavy atom. The fraction of sp³-hybridized carbons (Fsp3) is 0. The molecule has 0 bridgehead atoms. The first-order chi connectivity index (χ1) is 37.1. The minimum absolute atomic E-state index is 0.205. The van der Waals surface area contributed by atoms with Crippen molar-refractivity contribution in [2.75, 3.05) is 0 Å². The van der Waals surface area contributed by atoms with Gasteiger partial charge in [-0.25, -0.2) is 0 Å². The number of rotatable bonds is 4. The van der Waals surface area contributed by atoms with Crippen LogP contribution in [-0.4, -0.2) is 28.7 Å². The van der Waals surface area contributed by atoms with Gasteiger partial charge in [0.15, 0.2) is 5.82 Å². The van der Waals surface area contributed by atoms with Gasteiger partial charge in [0, 0.05) is 63.7 Å². The molecule has 0 saturated heterocycles. The maximum Gasteiger partial charge on any atom is 0.240 e. The van der Waals surface area contributed by atoms with E-state index >= 15 is 0 Å². The summed E-state index contributed by atoms with van der Waals surface area (Å²) in [4.78, 5) is 14.2. The summed E-state index contributed by atoms with van der Waals surface area (Å²) in [6, 6.07) is 4.10. The Kier molecular flexibility index (Phi) is 3.73. The maximum atomic E-state index is 10.2. The van der Waals surface area contributed by atoms with E-state index in [4.69, 9.17) is 31.4 Å². The molecular formula is C51H30N6S. The highest BCUT2D eigenvalue weighted by atomic mass is 32.1. The van der Waals surface area contributed by atoms with Crippen molar-refractivity contribution in [1.82, 2.24) is 28.7 Å². The van der Waals surface area contributed by atoms with Crippen molar-refractivity contribution in [3.8, 4) is 29.0 Å². The summed E-state index contributed by atoms with van der Waals surface area (Å²) in [7, 11) is 0. The Hall–Kier alpha value is -7.61. The summed E-state index contributed by atoms with van der Waals surface area (Å²) in [5.74, 6) is -2.14. The van der Waals surface area contributed by atoms with Gasteiger partial charge in [-0.15, -0.1) is 11.3 Å². The van der Waals surface area contributed by atoms with Gasteiger partial charge in [0.05, 0.1) is 60.5 Å². The SMILES string of the molecule is [2H]c1c([2H])c(-c2nc(-n3c4c([2H])c([2H])c([2H])c([2H])c4c4c([2H])c([2H])c([2H])c([2H])c43)nc(-n3c4c([2H])c([2H])c([2H])c([2H])c4c4c([2H])c([2H])c([2H])c([2H])c43)n2)c([2H])c(-n2c3ccccc3c3ccc4sc5ccccc5c4c32)c1[2H]. The molecule has 13 rings (SSSR count). The highest BCUT2D eigenvalue weighted by molar-refractivity contribution is 7.26. The summed E-state index contributed by atoms with van der Waals surface area (Å²) >= 11 is 1.53. The number of thiophene rings is 1. The molecule has 0 amide bonds. The highest BCUT2D eigenvalue weighted by Gasteiger charge is 2.22. The molecule has 0 N–H and O–H groups in total. The quantitative estimate of drug-likeness (QED) is 0.179. The summed E-state index contributed by atoms with van der Waals surface area (Å²) in [6.45, 7) is 0. The second-order valence-corrected chi connectivity index (χ2v) is 14.4. The largest absolute Gasteiger partial charge is 0.309 e. The first-order valence-electron chi connectivity index (χ1n) is 27.8. The lowest BCUT2D eigenvalue weighted by molar-refractivity contribution is 0.892. The van der Waals surface area contributed by atoms with E-state index in [1.54, 1.807) is 16.7 Å². The number of nitrogens with zero attached hydrogens (tertiary/aromatic N) is 6. The van der Waals surface area contributed by atoms with Crippen LogP contribution in [0.2, 0.25) is 0 Å². The van der Waals surface area contributed by atoms with Gasteiger partial charge in [0.25, 0.3) is 0 Å². The third-order valence-corrected chi connectivity index (χ3v) is 11.4. The second kappa shape index (κ2) is 11.9. The third kappa shape index (κ3) is 4.39. The van der Waals surface area contributed by atoms with E-state index in [0.717, 1.165) is 40.1 Å². The maximum absolute atomic E-state index is 10.2. The summed E-state index contributed by atoms with van der Waals surface area (Å²) in [5.41, 5.74) is -1.58. The number of fused-ring (bicyclic) bond motifs is 13. The first-order valence-corrected chi connectivity index (χ1v) is 18.6. The monoisotopic (exact) mass is 778 g/mol. The fourth-order valence-corrected chi connectivity index (χ4v) is 9.07. The van der Waals surface area contributed by atoms with E-state index in [1.165, 1.54) is 11.3 Å². The van der Waals surface area contributed by atoms with Crippen molar-refractivity contribution >= 4 is 96.9 Å². The topological polar surface area (TPSA) is 53.5 Å². The van der Waals surface area contributed by atoms with Gasteiger partial charge in [-0.05, 0) is 54.5 Å². The van der Waals surface area contributed by atoms with Gasteiger partial charge in [-0.1, -0.05) is 127 Å². The van der Waals surface area contributed by atoms with Crippen LogP contribution < -0.4 is 0 Å². The molecule has 0 aliphatic carbocycles. The van der Waals surface area contributed by atoms with Crippen LogP contribution in [0.4, 0.5) is 0 Å². The molecule has 6 nitrogen and oxygen atoms in total. The third-order valence-electron chi connectivity index (χ3n) is 10.3. The van der Waals surface area contributed by atoms with Crippen molar-refractivity contribution in [3.05, 3.63) is 182 Å². The Labute approximate surface area is 363 Å². The molecule has 7 heteroatoms. The summed E-state index contributed by atoms with van der Waals surface area (Å²) < 4.78 is 187. The van der Waals surface area contributed by atoms with Gasteiger partial charge >= 0.3 is 0 Å². The molecule has 58 heavy (non-hydrogen) atoms. The fourth-order valence-electron chi connectivity index (χ4n) is 7.96. The summed E-state index contributed by atoms with van der Waals surface area (Å²) in [6.07, 6.45) is 0. The van der Waals surface area contributed by atoms with Crippen molar-refractivity contribution in [2.24, 2.45) is 0 Å². The van der Waals surface area contributed by atoms with E-state index in [1.807, 2.05) is 48.5 Å². The van der Waals surface area contributed by atoms with Crippen LogP contribution in [0.5, 0.6) is 0 Å². The molecule has 0 aliphatic rings. The Morgan fingerprint density at radius 1 is 0.414 bits per heavy atom. The number of benzene rings is 8. The molecule has 0 fully saturated rings. The van der Waals surface area contributed by atoms with Gasteiger partial charge in [0.2, 0.25) is 11.9 Å². The van der Waals surface area contributed by atoms with Crippen molar-refractivity contribution in [2.45, 2.75) is 0 Å². The Bertz CT molecular complexity index is 4670. The van der Waals surface area contributed by atoms with Crippen LogP contribution in [0.3, 0.4) is 0 Å². The van der Waals surface area contributed by atoms with Crippen LogP contribution >= 0.6 is 11.3 Å². The lowest BCUT2D eigenvalue weighted by Gasteiger charge is -2.14. The molecule has 0 unspecified atom stereocenters. The lowest BCUT2D eigenvalue weighted by atomic mass is 10.1. The smallest absolute Gasteiger partial charge is 0.240 e. The molecule has 8 aromatic carbocycles. The average Bonchev–Trinajstić information content (AvgIpc) is 4.37. The highest BCUT2D eigenvalue weighted by Crippen LogP contribution is 2.43. The van der Waals surface area contributed by atoms with E-state index in [-0.39, 0.29) is 27.2 Å². The molecule has 0 atom stereocenters. The second-order valence-electron chi connectivity index (χ2n) is 13.3. The van der Waals surface area contributed by atoms with Crippen LogP contribution in [0.25, 0.3) is 115 Å². The van der Waals surface area contributed by atoms with Crippen LogP contribution in [0.15, 0.2) is 182 Å². The molecule has 0 saturated carbocycles. The molecule has 13 aromatic rings. The van der Waals surface area contributed by atoms with Crippen LogP contribution in [0.1, 0.15) is 27.4 Å². The van der Waals surface area contributed by atoms with Crippen molar-refractivity contribution < 1.29 is 27.4 Å². The molecule has 5 aromatic heterocycles. The van der Waals surface area contributed by atoms with Crippen molar-refractivity contribution in [3.63, 3.8) is 0 Å². The molecule has 0 aliphatic heterocycles. The zero-order valence-electron chi connectivity index (χ0n) is 49.4. The number of aromatic nitrogens is 6. The van der Waals surface area contributed by atoms with Crippen LogP contribution in [0, 0.1) is 0 Å². The zero-order valence-corrected chi connectivity index (χ0v) is 30.2. The van der Waals surface area contributed by atoms with Crippen LogP contribution in [-0.2, 0) is 0 Å². The summed E-state index contributed by atoms with van der Waals surface area (Å²) in [5, 5.41) is 1.54. The van der Waals surface area contributed by atoms with E-state index in [9.17, 15) is 11.0 Å². The van der Waals surface area contributed by atoms with E-state index in [0.29, 0.717) is 11.0 Å². The van der Waals surface area contributed by atoms with Gasteiger partial charge in [-0.2, -0.15) is 15.0 Å². The predicted molar refractivity (Wildman–Crippen MR) is 241 cm³/mol. The lowest BCUT2D eigenvalue weighted by Crippen LogP contribution is -2.10. The standard InChI is InChI=1S/C51H30N6S/c1-8-23-41-33(16-1)34-17-2-9-24-42(34)56(41)50-52-49(53-51(54-50)57-43-25-10-3-18-35(43)36-19-4-11-26-44(36)57)31-14-13-15-32(30-31)55-40-22-7-5-20-37(40)38-28-29-46-47(48(38)55)39-21-6-12-27-45(39)58-46/h1-30H/i1D,2D,3D,4D,8D,9D,10D,11D,13D,14D,15D,16D,17D,18D,19D,23D,24D,25D,26D,30D. The molecule has 0 spiro atoms. The average molecular weight is 779 g/mol. The number of hydrogen-bond donors (Lipinski definition) is 0. The Morgan fingerprint density at radius 2 is 0.966 bits per heavy atom. The Balaban J connectivity index is 1.26. The van der Waals surface area contributed by atoms with Gasteiger partial charge in [0.1, 0.15) is 0 Å². The van der Waals surface area contributed by atoms with Gasteiger partial charge < -0.3 is 4.57 Å². The van der Waals surface area contributed by atoms with E-state index in [2.05, 4.69) is 0 Å². The predicted octanol–water partition coefficient (Wildman–Crippen LogP) is 13.2. The number of hydrogen-bond acceptors (Lipinski definition) is 4. The van der Waals surface area contributed by atoms with Gasteiger partial charge in [-0.3, -0.25) is 9.13 Å². The molecule has 270 valence electrons. The molecule has 5 heterocycles. The normalized spacial score (nSPS) is 17.0. The van der Waals surface area contributed by atoms with E-state index < -0.39 is 166 Å². The zero-order chi connectivity index (χ0) is 55.3. The molecule has 0 radical (unpaired) electrons.